The van der Waals surface area contributed by atoms with E-state index < -0.39 is 14.8 Å². The lowest BCUT2D eigenvalue weighted by molar-refractivity contribution is -0.384. The topological polar surface area (TPSA) is 125 Å². The molecular formula is C16H13N3O6S. The minimum atomic E-state index is -3.26. The van der Waals surface area contributed by atoms with Gasteiger partial charge in [0.2, 0.25) is 5.89 Å². The lowest BCUT2D eigenvalue weighted by Gasteiger charge is -2.04. The minimum absolute atomic E-state index is 0.00178. The fourth-order valence-electron chi connectivity index (χ4n) is 2.08. The molecule has 2 aromatic carbocycles. The lowest BCUT2D eigenvalue weighted by Crippen LogP contribution is -1.98. The number of ether oxygens (including phenoxy) is 1. The molecule has 9 nitrogen and oxygen atoms in total. The quantitative estimate of drug-likeness (QED) is 0.475. The van der Waals surface area contributed by atoms with Crippen LogP contribution in [0.15, 0.2) is 57.8 Å². The highest BCUT2D eigenvalue weighted by Crippen LogP contribution is 2.22. The van der Waals surface area contributed by atoms with E-state index in [4.69, 9.17) is 9.15 Å². The molecule has 134 valence electrons. The predicted molar refractivity (Wildman–Crippen MR) is 90.3 cm³/mol. The van der Waals surface area contributed by atoms with Gasteiger partial charge in [0.15, 0.2) is 16.4 Å². The van der Waals surface area contributed by atoms with Crippen LogP contribution >= 0.6 is 0 Å². The molecule has 0 amide bonds. The first-order valence-corrected chi connectivity index (χ1v) is 9.22. The van der Waals surface area contributed by atoms with E-state index in [9.17, 15) is 18.5 Å². The van der Waals surface area contributed by atoms with Crippen LogP contribution in [0.1, 0.15) is 5.89 Å². The summed E-state index contributed by atoms with van der Waals surface area (Å²) in [7, 11) is -3.26. The molecule has 1 aromatic heterocycles. The highest BCUT2D eigenvalue weighted by Gasteiger charge is 2.12. The van der Waals surface area contributed by atoms with Crippen LogP contribution in [0.5, 0.6) is 5.75 Å². The maximum Gasteiger partial charge on any atom is 0.269 e. The summed E-state index contributed by atoms with van der Waals surface area (Å²) in [5.74, 6) is 0.879. The molecule has 0 aliphatic carbocycles. The van der Waals surface area contributed by atoms with Gasteiger partial charge in [-0.25, -0.2) is 8.42 Å². The first-order valence-electron chi connectivity index (χ1n) is 7.33. The Morgan fingerprint density at radius 2 is 1.73 bits per heavy atom. The van der Waals surface area contributed by atoms with Crippen LogP contribution in [0.3, 0.4) is 0 Å². The maximum absolute atomic E-state index is 11.4. The van der Waals surface area contributed by atoms with Crippen molar-refractivity contribution in [1.29, 1.82) is 0 Å². The molecule has 0 aliphatic heterocycles. The molecule has 0 aliphatic rings. The number of nitrogens with zero attached hydrogens (tertiary/aromatic N) is 3. The van der Waals surface area contributed by atoms with Gasteiger partial charge in [0.05, 0.1) is 9.82 Å². The van der Waals surface area contributed by atoms with Crippen molar-refractivity contribution in [1.82, 2.24) is 10.2 Å². The number of hydrogen-bond donors (Lipinski definition) is 0. The summed E-state index contributed by atoms with van der Waals surface area (Å²) in [6.07, 6.45) is 1.13. The predicted octanol–water partition coefficient (Wildman–Crippen LogP) is 2.63. The second-order valence-corrected chi connectivity index (χ2v) is 7.35. The third-order valence-electron chi connectivity index (χ3n) is 3.41. The number of nitro groups is 1. The van der Waals surface area contributed by atoms with Gasteiger partial charge in [-0.2, -0.15) is 0 Å². The van der Waals surface area contributed by atoms with Crippen molar-refractivity contribution in [3.8, 4) is 17.2 Å². The fraction of sp³-hybridized carbons (Fsp3) is 0.125. The fourth-order valence-corrected chi connectivity index (χ4v) is 2.71. The van der Waals surface area contributed by atoms with Gasteiger partial charge in [0, 0.05) is 24.0 Å². The molecule has 0 bridgehead atoms. The zero-order chi connectivity index (χ0) is 18.7. The Hall–Kier alpha value is -3.27. The maximum atomic E-state index is 11.4. The number of hydrogen-bond acceptors (Lipinski definition) is 8. The van der Waals surface area contributed by atoms with Gasteiger partial charge < -0.3 is 9.15 Å². The number of sulfone groups is 1. The third kappa shape index (κ3) is 4.03. The van der Waals surface area contributed by atoms with Crippen molar-refractivity contribution in [2.24, 2.45) is 0 Å². The summed E-state index contributed by atoms with van der Waals surface area (Å²) in [5.41, 5.74) is 0.515. The minimum Gasteiger partial charge on any atom is -0.484 e. The molecule has 3 rings (SSSR count). The van der Waals surface area contributed by atoms with Crippen molar-refractivity contribution >= 4 is 15.5 Å². The van der Waals surface area contributed by atoms with E-state index in [0.29, 0.717) is 11.3 Å². The van der Waals surface area contributed by atoms with E-state index in [1.54, 1.807) is 0 Å². The van der Waals surface area contributed by atoms with E-state index in [1.165, 1.54) is 48.5 Å². The van der Waals surface area contributed by atoms with Crippen molar-refractivity contribution in [3.63, 3.8) is 0 Å². The van der Waals surface area contributed by atoms with Gasteiger partial charge in [-0.1, -0.05) is 0 Å². The summed E-state index contributed by atoms with van der Waals surface area (Å²) in [6, 6.07) is 11.7. The number of benzene rings is 2. The molecule has 0 saturated carbocycles. The molecule has 26 heavy (non-hydrogen) atoms. The van der Waals surface area contributed by atoms with Crippen molar-refractivity contribution in [2.75, 3.05) is 6.26 Å². The monoisotopic (exact) mass is 375 g/mol. The van der Waals surface area contributed by atoms with Gasteiger partial charge in [0.1, 0.15) is 5.75 Å². The number of non-ortho nitro benzene ring substituents is 1. The highest BCUT2D eigenvalue weighted by atomic mass is 32.2. The second-order valence-electron chi connectivity index (χ2n) is 5.34. The molecule has 0 saturated heterocycles. The number of rotatable bonds is 6. The van der Waals surface area contributed by atoms with Crippen LogP contribution < -0.4 is 4.74 Å². The summed E-state index contributed by atoms with van der Waals surface area (Å²) in [5, 5.41) is 18.4. The van der Waals surface area contributed by atoms with E-state index in [2.05, 4.69) is 10.2 Å². The molecule has 1 heterocycles. The molecule has 0 spiro atoms. The zero-order valence-corrected chi connectivity index (χ0v) is 14.3. The Balaban J connectivity index is 1.66. The van der Waals surface area contributed by atoms with Gasteiger partial charge in [-0.3, -0.25) is 10.1 Å². The normalized spacial score (nSPS) is 11.3. The van der Waals surface area contributed by atoms with Crippen LogP contribution in [0, 0.1) is 10.1 Å². The first kappa shape index (κ1) is 17.5. The third-order valence-corrected chi connectivity index (χ3v) is 4.53. The van der Waals surface area contributed by atoms with Crippen LogP contribution in [0.2, 0.25) is 0 Å². The van der Waals surface area contributed by atoms with Gasteiger partial charge in [-0.15, -0.1) is 10.2 Å². The van der Waals surface area contributed by atoms with Crippen LogP contribution in [0.25, 0.3) is 11.5 Å². The SMILES string of the molecule is CS(=O)(=O)c1ccc(OCc2nnc(-c3ccc([N+](=O)[O-])cc3)o2)cc1. The Labute approximate surface area is 148 Å². The van der Waals surface area contributed by atoms with Crippen LogP contribution in [0.4, 0.5) is 5.69 Å². The van der Waals surface area contributed by atoms with Crippen LogP contribution in [-0.4, -0.2) is 29.8 Å². The number of nitro benzene ring substituents is 1. The average Bonchev–Trinajstić information content (AvgIpc) is 3.08. The molecule has 10 heteroatoms. The molecule has 3 aromatic rings. The van der Waals surface area contributed by atoms with E-state index >= 15 is 0 Å². The number of aromatic nitrogens is 2. The smallest absolute Gasteiger partial charge is 0.269 e. The molecule has 0 atom stereocenters. The van der Waals surface area contributed by atoms with Crippen LogP contribution in [-0.2, 0) is 16.4 Å². The Kier molecular flexibility index (Phi) is 4.67. The highest BCUT2D eigenvalue weighted by molar-refractivity contribution is 7.90. The van der Waals surface area contributed by atoms with Crippen molar-refractivity contribution < 1.29 is 22.5 Å². The summed E-state index contributed by atoms with van der Waals surface area (Å²) in [6.45, 7) is -0.00178. The Bertz CT molecular complexity index is 1030. The average molecular weight is 375 g/mol. The van der Waals surface area contributed by atoms with E-state index in [1.807, 2.05) is 0 Å². The van der Waals surface area contributed by atoms with Crippen molar-refractivity contribution in [2.45, 2.75) is 11.5 Å². The molecule has 0 unspecified atom stereocenters. The van der Waals surface area contributed by atoms with Gasteiger partial charge >= 0.3 is 0 Å². The van der Waals surface area contributed by atoms with Crippen molar-refractivity contribution in [3.05, 3.63) is 64.5 Å². The van der Waals surface area contributed by atoms with Gasteiger partial charge in [-0.05, 0) is 36.4 Å². The summed E-state index contributed by atoms with van der Waals surface area (Å²) < 4.78 is 33.8. The lowest BCUT2D eigenvalue weighted by atomic mass is 10.2. The zero-order valence-electron chi connectivity index (χ0n) is 13.5. The largest absolute Gasteiger partial charge is 0.484 e. The molecular weight excluding hydrogens is 362 g/mol. The Morgan fingerprint density at radius 3 is 2.31 bits per heavy atom. The van der Waals surface area contributed by atoms with Gasteiger partial charge in [0.25, 0.3) is 11.6 Å². The molecule has 0 radical (unpaired) electrons. The Morgan fingerprint density at radius 1 is 1.08 bits per heavy atom. The molecule has 0 fully saturated rings. The second kappa shape index (κ2) is 6.92. The van der Waals surface area contributed by atoms with E-state index in [-0.39, 0.29) is 29.0 Å². The first-order chi connectivity index (χ1) is 12.3. The summed E-state index contributed by atoms with van der Waals surface area (Å²) >= 11 is 0. The molecule has 0 N–H and O–H groups in total. The standard InChI is InChI=1S/C16H13N3O6S/c1-26(22,23)14-8-6-13(7-9-14)24-10-15-17-18-16(25-15)11-2-4-12(5-3-11)19(20)21/h2-9H,10H2,1H3. The van der Waals surface area contributed by atoms with E-state index in [0.717, 1.165) is 6.26 Å². The summed E-state index contributed by atoms with van der Waals surface area (Å²) in [4.78, 5) is 10.4.